The number of hydrogen-bond acceptors (Lipinski definition) is 0. The first-order valence-electron chi connectivity index (χ1n) is 14.6. The van der Waals surface area contributed by atoms with Crippen LogP contribution in [-0.4, -0.2) is 0 Å². The molecule has 4 unspecified atom stereocenters. The standard InChI is InChI=1S/C32H49F/c1-3-5-7-8-10-24-11-13-30-23-29(19-18-28(30)21-24)26-14-16-27(17-15-26)31-20-12-25(9-6-4-2)22-32(31)33/h4,12,20,22,24,26-30H,2-3,5-11,13-19,21,23H2,1H3. The van der Waals surface area contributed by atoms with Crippen molar-refractivity contribution >= 4 is 0 Å². The van der Waals surface area contributed by atoms with Crippen LogP contribution in [0.2, 0.25) is 0 Å². The molecule has 0 saturated heterocycles. The van der Waals surface area contributed by atoms with Gasteiger partial charge in [-0.05, 0) is 123 Å². The van der Waals surface area contributed by atoms with Crippen LogP contribution in [0.1, 0.15) is 127 Å². The van der Waals surface area contributed by atoms with Gasteiger partial charge < -0.3 is 0 Å². The summed E-state index contributed by atoms with van der Waals surface area (Å²) < 4.78 is 14.8. The molecule has 0 amide bonds. The molecular formula is C32H49F. The molecule has 0 aromatic heterocycles. The second-order valence-corrected chi connectivity index (χ2v) is 11.9. The van der Waals surface area contributed by atoms with Gasteiger partial charge in [0.1, 0.15) is 5.82 Å². The highest BCUT2D eigenvalue weighted by atomic mass is 19.1. The lowest BCUT2D eigenvalue weighted by atomic mass is 9.60. The van der Waals surface area contributed by atoms with Gasteiger partial charge in [-0.3, -0.25) is 0 Å². The monoisotopic (exact) mass is 452 g/mol. The Labute approximate surface area is 203 Å². The minimum atomic E-state index is 0.0342. The number of benzene rings is 1. The van der Waals surface area contributed by atoms with E-state index in [9.17, 15) is 4.39 Å². The van der Waals surface area contributed by atoms with Crippen LogP contribution < -0.4 is 0 Å². The molecule has 1 heteroatoms. The summed E-state index contributed by atoms with van der Waals surface area (Å²) in [5, 5.41) is 0. The van der Waals surface area contributed by atoms with Gasteiger partial charge in [0.2, 0.25) is 0 Å². The third-order valence-corrected chi connectivity index (χ3v) is 9.81. The highest BCUT2D eigenvalue weighted by molar-refractivity contribution is 5.28. The Hall–Kier alpha value is -1.11. The molecule has 0 radical (unpaired) electrons. The smallest absolute Gasteiger partial charge is 0.126 e. The molecule has 0 aliphatic heterocycles. The Bertz CT molecular complexity index is 728. The van der Waals surface area contributed by atoms with Crippen molar-refractivity contribution < 1.29 is 4.39 Å². The van der Waals surface area contributed by atoms with Crippen LogP contribution in [-0.2, 0) is 6.42 Å². The number of allylic oxidation sites excluding steroid dienone is 1. The quantitative estimate of drug-likeness (QED) is 0.245. The molecule has 0 spiro atoms. The van der Waals surface area contributed by atoms with Gasteiger partial charge in [0.05, 0.1) is 0 Å². The molecule has 184 valence electrons. The average Bonchev–Trinajstić information content (AvgIpc) is 2.85. The van der Waals surface area contributed by atoms with E-state index in [1.807, 2.05) is 6.08 Å². The van der Waals surface area contributed by atoms with Crippen LogP contribution in [0.5, 0.6) is 0 Å². The lowest BCUT2D eigenvalue weighted by molar-refractivity contribution is 0.0612. The van der Waals surface area contributed by atoms with Crippen molar-refractivity contribution in [2.24, 2.45) is 29.6 Å². The number of halogens is 1. The van der Waals surface area contributed by atoms with Crippen LogP contribution in [0.15, 0.2) is 30.9 Å². The lowest BCUT2D eigenvalue weighted by Crippen LogP contribution is -2.34. The van der Waals surface area contributed by atoms with E-state index in [-0.39, 0.29) is 5.82 Å². The van der Waals surface area contributed by atoms with Gasteiger partial charge >= 0.3 is 0 Å². The van der Waals surface area contributed by atoms with E-state index in [1.54, 1.807) is 12.5 Å². The van der Waals surface area contributed by atoms with Crippen LogP contribution in [0.25, 0.3) is 0 Å². The van der Waals surface area contributed by atoms with Gasteiger partial charge in [-0.2, -0.15) is 0 Å². The van der Waals surface area contributed by atoms with Crippen LogP contribution in [0, 0.1) is 35.4 Å². The number of unbranched alkanes of at least 4 members (excludes halogenated alkanes) is 3. The zero-order chi connectivity index (χ0) is 23.0. The van der Waals surface area contributed by atoms with E-state index in [1.165, 1.54) is 89.9 Å². The lowest BCUT2D eigenvalue weighted by Gasteiger charge is -2.45. The highest BCUT2D eigenvalue weighted by Crippen LogP contribution is 2.50. The molecule has 0 heterocycles. The predicted molar refractivity (Wildman–Crippen MR) is 140 cm³/mol. The fraction of sp³-hybridized carbons (Fsp3) is 0.750. The number of rotatable bonds is 10. The third-order valence-electron chi connectivity index (χ3n) is 9.81. The molecule has 3 aliphatic carbocycles. The second-order valence-electron chi connectivity index (χ2n) is 11.9. The Balaban J connectivity index is 1.22. The van der Waals surface area contributed by atoms with Crippen LogP contribution >= 0.6 is 0 Å². The summed E-state index contributed by atoms with van der Waals surface area (Å²) in [7, 11) is 0. The minimum Gasteiger partial charge on any atom is -0.207 e. The maximum Gasteiger partial charge on any atom is 0.126 e. The normalized spacial score (nSPS) is 32.3. The second kappa shape index (κ2) is 12.6. The van der Waals surface area contributed by atoms with Gasteiger partial charge in [-0.1, -0.05) is 63.7 Å². The fourth-order valence-electron chi connectivity index (χ4n) is 7.80. The van der Waals surface area contributed by atoms with Crippen molar-refractivity contribution in [1.82, 2.24) is 0 Å². The summed E-state index contributed by atoms with van der Waals surface area (Å²) in [5.74, 6) is 5.43. The predicted octanol–water partition coefficient (Wildman–Crippen LogP) is 10.0. The molecule has 3 aliphatic rings. The van der Waals surface area contributed by atoms with Crippen molar-refractivity contribution in [2.75, 3.05) is 0 Å². The Morgan fingerprint density at radius 1 is 0.848 bits per heavy atom. The summed E-state index contributed by atoms with van der Waals surface area (Å²) in [4.78, 5) is 0. The SMILES string of the molecule is C=CCCc1ccc(C2CCC(C3CCC4CC(CCCCCC)CCC4C3)CC2)c(F)c1. The zero-order valence-corrected chi connectivity index (χ0v) is 21.4. The van der Waals surface area contributed by atoms with E-state index in [4.69, 9.17) is 0 Å². The van der Waals surface area contributed by atoms with Crippen molar-refractivity contribution in [3.63, 3.8) is 0 Å². The van der Waals surface area contributed by atoms with E-state index in [0.717, 1.165) is 53.6 Å². The zero-order valence-electron chi connectivity index (χ0n) is 21.4. The van der Waals surface area contributed by atoms with E-state index in [0.29, 0.717) is 5.92 Å². The van der Waals surface area contributed by atoms with Crippen molar-refractivity contribution in [3.8, 4) is 0 Å². The highest BCUT2D eigenvalue weighted by Gasteiger charge is 2.38. The average molecular weight is 453 g/mol. The van der Waals surface area contributed by atoms with Crippen LogP contribution in [0.3, 0.4) is 0 Å². The Morgan fingerprint density at radius 2 is 1.55 bits per heavy atom. The van der Waals surface area contributed by atoms with E-state index >= 15 is 0 Å². The summed E-state index contributed by atoms with van der Waals surface area (Å²) in [5.41, 5.74) is 2.09. The first kappa shape index (κ1) is 25.0. The van der Waals surface area contributed by atoms with Crippen molar-refractivity contribution in [1.29, 1.82) is 0 Å². The summed E-state index contributed by atoms with van der Waals surface area (Å²) in [6, 6.07) is 6.02. The first-order valence-corrected chi connectivity index (χ1v) is 14.6. The van der Waals surface area contributed by atoms with Gasteiger partial charge in [0, 0.05) is 0 Å². The fourth-order valence-corrected chi connectivity index (χ4v) is 7.80. The van der Waals surface area contributed by atoms with Crippen molar-refractivity contribution in [2.45, 2.75) is 122 Å². The largest absolute Gasteiger partial charge is 0.207 e. The molecule has 0 N–H and O–H groups in total. The Morgan fingerprint density at radius 3 is 2.27 bits per heavy atom. The maximum atomic E-state index is 14.8. The Kier molecular flexibility index (Phi) is 9.51. The third kappa shape index (κ3) is 6.73. The molecule has 0 bridgehead atoms. The molecule has 0 nitrogen and oxygen atoms in total. The van der Waals surface area contributed by atoms with E-state index in [2.05, 4.69) is 25.6 Å². The van der Waals surface area contributed by atoms with Gasteiger partial charge in [0.25, 0.3) is 0 Å². The summed E-state index contributed by atoms with van der Waals surface area (Å²) in [6.07, 6.45) is 25.0. The first-order chi connectivity index (χ1) is 16.2. The van der Waals surface area contributed by atoms with Crippen molar-refractivity contribution in [3.05, 3.63) is 47.8 Å². The molecule has 1 aromatic carbocycles. The molecule has 3 fully saturated rings. The number of hydrogen-bond donors (Lipinski definition) is 0. The maximum absolute atomic E-state index is 14.8. The number of fused-ring (bicyclic) bond motifs is 1. The molecule has 1 aromatic rings. The molecule has 4 rings (SSSR count). The molecule has 3 saturated carbocycles. The minimum absolute atomic E-state index is 0.0342. The van der Waals surface area contributed by atoms with Gasteiger partial charge in [-0.25, -0.2) is 4.39 Å². The van der Waals surface area contributed by atoms with Crippen LogP contribution in [0.4, 0.5) is 4.39 Å². The molecular weight excluding hydrogens is 403 g/mol. The van der Waals surface area contributed by atoms with E-state index < -0.39 is 0 Å². The molecule has 33 heavy (non-hydrogen) atoms. The summed E-state index contributed by atoms with van der Waals surface area (Å²) in [6.45, 7) is 6.10. The summed E-state index contributed by atoms with van der Waals surface area (Å²) >= 11 is 0. The van der Waals surface area contributed by atoms with Gasteiger partial charge in [-0.15, -0.1) is 6.58 Å². The topological polar surface area (TPSA) is 0 Å². The molecule has 4 atom stereocenters. The van der Waals surface area contributed by atoms with Gasteiger partial charge in [0.15, 0.2) is 0 Å². The number of aryl methyl sites for hydroxylation is 1.